The number of carbonyl (C=O) groups excluding carboxylic acids is 2. The molecule has 0 saturated carbocycles. The van der Waals surface area contributed by atoms with E-state index < -0.39 is 40.2 Å². The summed E-state index contributed by atoms with van der Waals surface area (Å²) in [5.41, 5.74) is 3.13. The zero-order chi connectivity index (χ0) is 31.9. The minimum atomic E-state index is -4.21. The summed E-state index contributed by atoms with van der Waals surface area (Å²) in [6, 6.07) is 27.1. The fourth-order valence-corrected chi connectivity index (χ4v) is 6.30. The molecule has 7 nitrogen and oxygen atoms in total. The van der Waals surface area contributed by atoms with Crippen molar-refractivity contribution in [3.63, 3.8) is 0 Å². The molecule has 2 amide bonds. The number of nitrogens with zero attached hydrogens (tertiary/aromatic N) is 2. The number of anilines is 1. The molecule has 0 spiro atoms. The highest BCUT2D eigenvalue weighted by Crippen LogP contribution is 2.27. The van der Waals surface area contributed by atoms with Gasteiger partial charge in [-0.05, 0) is 74.7 Å². The zero-order valence-corrected chi connectivity index (χ0v) is 26.2. The summed E-state index contributed by atoms with van der Waals surface area (Å²) in [5.74, 6) is -1.60. The van der Waals surface area contributed by atoms with Gasteiger partial charge < -0.3 is 10.2 Å². The van der Waals surface area contributed by atoms with Crippen molar-refractivity contribution in [2.75, 3.05) is 10.8 Å². The first kappa shape index (κ1) is 32.4. The SMILES string of the molecule is Cc1ccc(N(CC(=O)N(Cc2ccccc2F)[C@@H](Cc2ccccc2)C(=O)NC(C)C)S(=O)(=O)c2ccccc2)cc1C. The highest BCUT2D eigenvalue weighted by molar-refractivity contribution is 7.92. The predicted molar refractivity (Wildman–Crippen MR) is 171 cm³/mol. The molecule has 0 aliphatic carbocycles. The van der Waals surface area contributed by atoms with Gasteiger partial charge in [0.05, 0.1) is 10.6 Å². The van der Waals surface area contributed by atoms with Crippen LogP contribution in [0.5, 0.6) is 0 Å². The average molecular weight is 616 g/mol. The number of halogens is 1. The zero-order valence-electron chi connectivity index (χ0n) is 25.4. The number of aryl methyl sites for hydroxylation is 2. The van der Waals surface area contributed by atoms with Crippen LogP contribution in [-0.4, -0.2) is 43.8 Å². The van der Waals surface area contributed by atoms with Crippen molar-refractivity contribution in [2.24, 2.45) is 0 Å². The van der Waals surface area contributed by atoms with Gasteiger partial charge in [0.25, 0.3) is 10.0 Å². The van der Waals surface area contributed by atoms with Crippen molar-refractivity contribution in [3.8, 4) is 0 Å². The highest BCUT2D eigenvalue weighted by Gasteiger charge is 2.35. The molecule has 230 valence electrons. The van der Waals surface area contributed by atoms with Gasteiger partial charge >= 0.3 is 0 Å². The van der Waals surface area contributed by atoms with Gasteiger partial charge in [-0.1, -0.05) is 72.8 Å². The van der Waals surface area contributed by atoms with E-state index in [4.69, 9.17) is 0 Å². The van der Waals surface area contributed by atoms with Crippen LogP contribution in [0.3, 0.4) is 0 Å². The van der Waals surface area contributed by atoms with E-state index in [1.54, 1.807) is 54.6 Å². The molecule has 4 aromatic carbocycles. The molecule has 0 fully saturated rings. The number of sulfonamides is 1. The van der Waals surface area contributed by atoms with Gasteiger partial charge in [0.15, 0.2) is 0 Å². The number of amides is 2. The largest absolute Gasteiger partial charge is 0.352 e. The lowest BCUT2D eigenvalue weighted by Crippen LogP contribution is -2.54. The fourth-order valence-electron chi connectivity index (χ4n) is 4.87. The van der Waals surface area contributed by atoms with Crippen LogP contribution in [-0.2, 0) is 32.6 Å². The van der Waals surface area contributed by atoms with E-state index >= 15 is 0 Å². The molecular formula is C35H38FN3O4S. The lowest BCUT2D eigenvalue weighted by molar-refractivity contribution is -0.140. The van der Waals surface area contributed by atoms with Crippen LogP contribution in [0, 0.1) is 19.7 Å². The number of hydrogen-bond donors (Lipinski definition) is 1. The van der Waals surface area contributed by atoms with Gasteiger partial charge in [0.1, 0.15) is 18.4 Å². The molecule has 0 aliphatic rings. The van der Waals surface area contributed by atoms with E-state index in [0.717, 1.165) is 21.0 Å². The van der Waals surface area contributed by atoms with Crippen LogP contribution in [0.15, 0.2) is 108 Å². The Morgan fingerprint density at radius 1 is 0.818 bits per heavy atom. The third kappa shape index (κ3) is 7.90. The molecule has 0 bridgehead atoms. The topological polar surface area (TPSA) is 86.8 Å². The second-order valence-corrected chi connectivity index (χ2v) is 12.9. The lowest BCUT2D eigenvalue weighted by atomic mass is 10.0. The summed E-state index contributed by atoms with van der Waals surface area (Å²) in [6.45, 7) is 6.57. The summed E-state index contributed by atoms with van der Waals surface area (Å²) in [6.07, 6.45) is 0.147. The molecule has 9 heteroatoms. The Bertz CT molecular complexity index is 1700. The van der Waals surface area contributed by atoms with Crippen molar-refractivity contribution >= 4 is 27.5 Å². The molecule has 44 heavy (non-hydrogen) atoms. The smallest absolute Gasteiger partial charge is 0.264 e. The van der Waals surface area contributed by atoms with Crippen LogP contribution in [0.25, 0.3) is 0 Å². The number of carbonyl (C=O) groups is 2. The van der Waals surface area contributed by atoms with Crippen molar-refractivity contribution in [1.29, 1.82) is 0 Å². The minimum absolute atomic E-state index is 0.0186. The van der Waals surface area contributed by atoms with Crippen LogP contribution in [0.4, 0.5) is 10.1 Å². The quantitative estimate of drug-likeness (QED) is 0.218. The molecule has 1 N–H and O–H groups in total. The molecule has 0 heterocycles. The minimum Gasteiger partial charge on any atom is -0.352 e. The van der Waals surface area contributed by atoms with Gasteiger partial charge in [-0.15, -0.1) is 0 Å². The monoisotopic (exact) mass is 615 g/mol. The summed E-state index contributed by atoms with van der Waals surface area (Å²) >= 11 is 0. The average Bonchev–Trinajstić information content (AvgIpc) is 3.00. The molecule has 4 rings (SSSR count). The van der Waals surface area contributed by atoms with E-state index in [1.807, 2.05) is 58.0 Å². The second kappa shape index (κ2) is 14.3. The second-order valence-electron chi connectivity index (χ2n) is 11.1. The molecule has 0 saturated heterocycles. The maximum absolute atomic E-state index is 15.0. The maximum atomic E-state index is 15.0. The summed E-state index contributed by atoms with van der Waals surface area (Å²) in [5, 5.41) is 2.90. The highest BCUT2D eigenvalue weighted by atomic mass is 32.2. The Labute approximate surface area is 259 Å². The van der Waals surface area contributed by atoms with Gasteiger partial charge in [-0.2, -0.15) is 0 Å². The number of rotatable bonds is 12. The third-order valence-electron chi connectivity index (χ3n) is 7.39. The molecule has 0 aliphatic heterocycles. The Morgan fingerprint density at radius 2 is 1.43 bits per heavy atom. The molecule has 4 aromatic rings. The van der Waals surface area contributed by atoms with Gasteiger partial charge in [-0.25, -0.2) is 12.8 Å². The summed E-state index contributed by atoms with van der Waals surface area (Å²) in [7, 11) is -4.21. The van der Waals surface area contributed by atoms with E-state index in [9.17, 15) is 22.4 Å². The summed E-state index contributed by atoms with van der Waals surface area (Å²) < 4.78 is 44.2. The first-order chi connectivity index (χ1) is 21.0. The first-order valence-corrected chi connectivity index (χ1v) is 15.9. The fraction of sp³-hybridized carbons (Fsp3) is 0.257. The van der Waals surface area contributed by atoms with Gasteiger partial charge in [0, 0.05) is 24.6 Å². The standard InChI is InChI=1S/C35H38FN3O4S/c1-25(2)37-35(41)33(22-28-13-7-5-8-14-28)38(23-29-15-11-12-18-32(29)36)34(40)24-39(30-20-19-26(3)27(4)21-30)44(42,43)31-16-9-6-10-17-31/h5-21,25,33H,22-24H2,1-4H3,(H,37,41)/t33-/m0/s1. The number of hydrogen-bond acceptors (Lipinski definition) is 4. The van der Waals surface area contributed by atoms with Crippen LogP contribution >= 0.6 is 0 Å². The van der Waals surface area contributed by atoms with Crippen molar-refractivity contribution in [2.45, 2.75) is 57.6 Å². The Hall–Kier alpha value is -4.50. The van der Waals surface area contributed by atoms with Crippen molar-refractivity contribution in [1.82, 2.24) is 10.2 Å². The third-order valence-corrected chi connectivity index (χ3v) is 9.18. The van der Waals surface area contributed by atoms with E-state index in [2.05, 4.69) is 5.32 Å². The molecule has 1 atom stereocenters. The normalized spacial score (nSPS) is 12.0. The molecular weight excluding hydrogens is 577 g/mol. The lowest BCUT2D eigenvalue weighted by Gasteiger charge is -2.34. The Kier molecular flexibility index (Phi) is 10.5. The number of nitrogens with one attached hydrogen (secondary N) is 1. The van der Waals surface area contributed by atoms with Crippen LogP contribution < -0.4 is 9.62 Å². The van der Waals surface area contributed by atoms with Crippen molar-refractivity contribution < 1.29 is 22.4 Å². The van der Waals surface area contributed by atoms with Gasteiger partial charge in [0.2, 0.25) is 11.8 Å². The van der Waals surface area contributed by atoms with Crippen LogP contribution in [0.2, 0.25) is 0 Å². The van der Waals surface area contributed by atoms with E-state index in [1.165, 1.54) is 23.1 Å². The Morgan fingerprint density at radius 3 is 2.05 bits per heavy atom. The molecule has 0 unspecified atom stereocenters. The number of benzene rings is 4. The summed E-state index contributed by atoms with van der Waals surface area (Å²) in [4.78, 5) is 29.4. The van der Waals surface area contributed by atoms with Gasteiger partial charge in [-0.3, -0.25) is 13.9 Å². The Balaban J connectivity index is 1.82. The first-order valence-electron chi connectivity index (χ1n) is 14.5. The predicted octanol–water partition coefficient (Wildman–Crippen LogP) is 5.80. The van der Waals surface area contributed by atoms with E-state index in [0.29, 0.717) is 5.69 Å². The van der Waals surface area contributed by atoms with E-state index in [-0.39, 0.29) is 29.5 Å². The maximum Gasteiger partial charge on any atom is 0.264 e. The molecule has 0 radical (unpaired) electrons. The molecule has 0 aromatic heterocycles. The van der Waals surface area contributed by atoms with Crippen molar-refractivity contribution in [3.05, 3.63) is 131 Å². The van der Waals surface area contributed by atoms with Crippen LogP contribution in [0.1, 0.15) is 36.1 Å².